The number of hydrogen-bond donors (Lipinski definition) is 2. The second kappa shape index (κ2) is 8.12. The van der Waals surface area contributed by atoms with Crippen LogP contribution in [0.15, 0.2) is 45.8 Å². The average molecular weight is 398 g/mol. The molecule has 144 valence electrons. The molecule has 2 N–H and O–H groups in total. The fourth-order valence-electron chi connectivity index (χ4n) is 3.14. The molecule has 0 radical (unpaired) electrons. The summed E-state index contributed by atoms with van der Waals surface area (Å²) in [5, 5.41) is 9.70. The molecule has 1 aromatic heterocycles. The first-order valence-electron chi connectivity index (χ1n) is 8.95. The summed E-state index contributed by atoms with van der Waals surface area (Å²) in [4.78, 5) is 17.7. The molecular formula is C20H19FN4O2S. The van der Waals surface area contributed by atoms with E-state index in [1.807, 2.05) is 18.2 Å². The SMILES string of the molecule is Cc1noc(CSc2ccccc2C(=O)Nc2ccc3c(c2F)CCNC3)n1. The minimum atomic E-state index is -0.349. The molecule has 0 unspecified atom stereocenters. The summed E-state index contributed by atoms with van der Waals surface area (Å²) in [5.41, 5.74) is 2.29. The second-order valence-electron chi connectivity index (χ2n) is 6.47. The number of nitrogens with zero attached hydrogens (tertiary/aromatic N) is 2. The lowest BCUT2D eigenvalue weighted by atomic mass is 9.99. The van der Waals surface area contributed by atoms with E-state index in [1.54, 1.807) is 25.1 Å². The summed E-state index contributed by atoms with van der Waals surface area (Å²) in [6, 6.07) is 10.7. The van der Waals surface area contributed by atoms with Crippen LogP contribution in [0.2, 0.25) is 0 Å². The number of aromatic nitrogens is 2. The molecule has 1 amide bonds. The lowest BCUT2D eigenvalue weighted by molar-refractivity contribution is 0.102. The molecule has 0 spiro atoms. The van der Waals surface area contributed by atoms with E-state index in [2.05, 4.69) is 20.8 Å². The summed E-state index contributed by atoms with van der Waals surface area (Å²) in [6.45, 7) is 3.13. The Morgan fingerprint density at radius 3 is 3.00 bits per heavy atom. The summed E-state index contributed by atoms with van der Waals surface area (Å²) in [7, 11) is 0. The van der Waals surface area contributed by atoms with E-state index < -0.39 is 0 Å². The van der Waals surface area contributed by atoms with Crippen molar-refractivity contribution in [2.75, 3.05) is 11.9 Å². The lowest BCUT2D eigenvalue weighted by Gasteiger charge is -2.19. The van der Waals surface area contributed by atoms with Gasteiger partial charge in [0.2, 0.25) is 5.89 Å². The molecule has 0 saturated heterocycles. The molecule has 2 heterocycles. The Morgan fingerprint density at radius 2 is 2.18 bits per heavy atom. The Kier molecular flexibility index (Phi) is 5.40. The lowest BCUT2D eigenvalue weighted by Crippen LogP contribution is -2.25. The Hall–Kier alpha value is -2.71. The number of carbonyl (C=O) groups excluding carboxylic acids is 1. The Morgan fingerprint density at radius 1 is 1.32 bits per heavy atom. The number of anilines is 1. The Bertz CT molecular complexity index is 1020. The van der Waals surface area contributed by atoms with Gasteiger partial charge >= 0.3 is 0 Å². The van der Waals surface area contributed by atoms with Crippen molar-refractivity contribution in [3.8, 4) is 0 Å². The van der Waals surface area contributed by atoms with Gasteiger partial charge in [0, 0.05) is 11.4 Å². The third kappa shape index (κ3) is 3.93. The van der Waals surface area contributed by atoms with Gasteiger partial charge in [-0.1, -0.05) is 23.4 Å². The zero-order chi connectivity index (χ0) is 19.5. The van der Waals surface area contributed by atoms with Gasteiger partial charge in [-0.25, -0.2) is 4.39 Å². The quantitative estimate of drug-likeness (QED) is 0.638. The number of rotatable bonds is 5. The highest BCUT2D eigenvalue weighted by molar-refractivity contribution is 7.98. The van der Waals surface area contributed by atoms with E-state index in [-0.39, 0.29) is 17.4 Å². The molecule has 4 rings (SSSR count). The minimum Gasteiger partial charge on any atom is -0.338 e. The highest BCUT2D eigenvalue weighted by Crippen LogP contribution is 2.28. The molecule has 1 aliphatic heterocycles. The predicted molar refractivity (Wildman–Crippen MR) is 105 cm³/mol. The number of amides is 1. The first kappa shape index (κ1) is 18.6. The molecule has 2 aromatic carbocycles. The monoisotopic (exact) mass is 398 g/mol. The van der Waals surface area contributed by atoms with Crippen LogP contribution < -0.4 is 10.6 Å². The maximum Gasteiger partial charge on any atom is 0.256 e. The summed E-state index contributed by atoms with van der Waals surface area (Å²) in [6.07, 6.45) is 0.612. The smallest absolute Gasteiger partial charge is 0.256 e. The van der Waals surface area contributed by atoms with Crippen LogP contribution in [0.1, 0.15) is 33.2 Å². The van der Waals surface area contributed by atoms with E-state index in [0.717, 1.165) is 17.0 Å². The van der Waals surface area contributed by atoms with Crippen molar-refractivity contribution in [3.63, 3.8) is 0 Å². The molecule has 1 aliphatic rings. The molecule has 3 aromatic rings. The Balaban J connectivity index is 1.52. The number of thioether (sulfide) groups is 1. The van der Waals surface area contributed by atoms with Crippen LogP contribution in [0.4, 0.5) is 10.1 Å². The van der Waals surface area contributed by atoms with Crippen molar-refractivity contribution in [1.82, 2.24) is 15.5 Å². The number of hydrogen-bond acceptors (Lipinski definition) is 6. The molecule has 0 bridgehead atoms. The van der Waals surface area contributed by atoms with Gasteiger partial charge in [0.15, 0.2) is 5.82 Å². The number of benzene rings is 2. The molecule has 0 atom stereocenters. The van der Waals surface area contributed by atoms with Crippen molar-refractivity contribution in [2.45, 2.75) is 30.5 Å². The standard InChI is InChI=1S/C20H19FN4O2S/c1-12-23-18(27-25-12)11-28-17-5-3-2-4-15(17)20(26)24-16-7-6-13-10-22-9-8-14(13)19(16)21/h2-7,22H,8-11H2,1H3,(H,24,26). The second-order valence-corrected chi connectivity index (χ2v) is 7.48. The molecule has 8 heteroatoms. The van der Waals surface area contributed by atoms with Gasteiger partial charge in [0.1, 0.15) is 5.82 Å². The highest BCUT2D eigenvalue weighted by atomic mass is 32.2. The zero-order valence-electron chi connectivity index (χ0n) is 15.3. The van der Waals surface area contributed by atoms with Crippen LogP contribution in [0.5, 0.6) is 0 Å². The van der Waals surface area contributed by atoms with E-state index in [4.69, 9.17) is 4.52 Å². The first-order chi connectivity index (χ1) is 13.6. The minimum absolute atomic E-state index is 0.206. The third-order valence-corrected chi connectivity index (χ3v) is 5.57. The van der Waals surface area contributed by atoms with Crippen LogP contribution >= 0.6 is 11.8 Å². The zero-order valence-corrected chi connectivity index (χ0v) is 16.1. The topological polar surface area (TPSA) is 80.0 Å². The van der Waals surface area contributed by atoms with Crippen molar-refractivity contribution in [2.24, 2.45) is 0 Å². The molecule has 6 nitrogen and oxygen atoms in total. The molecule has 28 heavy (non-hydrogen) atoms. The first-order valence-corrected chi connectivity index (χ1v) is 9.93. The van der Waals surface area contributed by atoms with Crippen LogP contribution in [-0.2, 0) is 18.7 Å². The van der Waals surface area contributed by atoms with E-state index >= 15 is 0 Å². The molecule has 0 fully saturated rings. The summed E-state index contributed by atoms with van der Waals surface area (Å²) < 4.78 is 19.9. The van der Waals surface area contributed by atoms with E-state index in [0.29, 0.717) is 41.6 Å². The number of halogens is 1. The van der Waals surface area contributed by atoms with Gasteiger partial charge in [-0.3, -0.25) is 4.79 Å². The van der Waals surface area contributed by atoms with Crippen LogP contribution in [0.25, 0.3) is 0 Å². The number of nitrogens with one attached hydrogen (secondary N) is 2. The predicted octanol–water partition coefficient (Wildman–Crippen LogP) is 3.71. The largest absolute Gasteiger partial charge is 0.338 e. The van der Waals surface area contributed by atoms with E-state index in [9.17, 15) is 9.18 Å². The van der Waals surface area contributed by atoms with Gasteiger partial charge in [0.25, 0.3) is 5.91 Å². The van der Waals surface area contributed by atoms with Gasteiger partial charge in [-0.15, -0.1) is 11.8 Å². The van der Waals surface area contributed by atoms with Crippen LogP contribution in [0, 0.1) is 12.7 Å². The number of aryl methyl sites for hydroxylation is 1. The Labute approximate surface area is 165 Å². The van der Waals surface area contributed by atoms with Crippen LogP contribution in [-0.4, -0.2) is 22.6 Å². The summed E-state index contributed by atoms with van der Waals surface area (Å²) in [5.74, 6) is 0.814. The fourth-order valence-corrected chi connectivity index (χ4v) is 4.03. The average Bonchev–Trinajstić information content (AvgIpc) is 3.14. The van der Waals surface area contributed by atoms with Crippen molar-refractivity contribution in [1.29, 1.82) is 0 Å². The highest BCUT2D eigenvalue weighted by Gasteiger charge is 2.19. The molecular weight excluding hydrogens is 379 g/mol. The fraction of sp³-hybridized carbons (Fsp3) is 0.250. The third-order valence-electron chi connectivity index (χ3n) is 4.51. The van der Waals surface area contributed by atoms with Gasteiger partial charge in [-0.05, 0) is 49.2 Å². The molecule has 0 aliphatic carbocycles. The van der Waals surface area contributed by atoms with Gasteiger partial charge in [0.05, 0.1) is 17.0 Å². The number of carbonyl (C=O) groups is 1. The normalized spacial score (nSPS) is 13.2. The van der Waals surface area contributed by atoms with Gasteiger partial charge < -0.3 is 15.2 Å². The number of fused-ring (bicyclic) bond motifs is 1. The maximum absolute atomic E-state index is 14.8. The maximum atomic E-state index is 14.8. The van der Waals surface area contributed by atoms with Crippen molar-refractivity contribution in [3.05, 3.63) is 70.6 Å². The van der Waals surface area contributed by atoms with Crippen molar-refractivity contribution >= 4 is 23.4 Å². The van der Waals surface area contributed by atoms with Crippen molar-refractivity contribution < 1.29 is 13.7 Å². The van der Waals surface area contributed by atoms with E-state index in [1.165, 1.54) is 11.8 Å². The van der Waals surface area contributed by atoms with Gasteiger partial charge in [-0.2, -0.15) is 4.98 Å². The van der Waals surface area contributed by atoms with Crippen LogP contribution in [0.3, 0.4) is 0 Å². The summed E-state index contributed by atoms with van der Waals surface area (Å²) >= 11 is 1.42. The molecule has 0 saturated carbocycles.